The topological polar surface area (TPSA) is 37.8 Å². The Hall–Kier alpha value is -1.90. The lowest BCUT2D eigenvalue weighted by Gasteiger charge is -2.09. The van der Waals surface area contributed by atoms with Crippen molar-refractivity contribution >= 4 is 5.82 Å². The third-order valence-corrected chi connectivity index (χ3v) is 2.52. The van der Waals surface area contributed by atoms with Gasteiger partial charge in [0.05, 0.1) is 5.69 Å². The van der Waals surface area contributed by atoms with Crippen LogP contribution < -0.4 is 5.32 Å². The highest BCUT2D eigenvalue weighted by Crippen LogP contribution is 2.20. The zero-order valence-corrected chi connectivity index (χ0v) is 10.4. The quantitative estimate of drug-likeness (QED) is 0.874. The van der Waals surface area contributed by atoms with Gasteiger partial charge in [0.2, 0.25) is 0 Å². The predicted molar refractivity (Wildman–Crippen MR) is 71.0 cm³/mol. The maximum Gasteiger partial charge on any atom is 0.148 e. The predicted octanol–water partition coefficient (Wildman–Crippen LogP) is 3.27. The van der Waals surface area contributed by atoms with Gasteiger partial charge in [-0.1, -0.05) is 24.3 Å². The molecule has 0 aliphatic carbocycles. The van der Waals surface area contributed by atoms with Crippen molar-refractivity contribution in [3.05, 3.63) is 42.0 Å². The van der Waals surface area contributed by atoms with E-state index in [-0.39, 0.29) is 0 Å². The van der Waals surface area contributed by atoms with Gasteiger partial charge in [-0.05, 0) is 38.5 Å². The third-order valence-electron chi connectivity index (χ3n) is 2.52. The molecule has 0 atom stereocenters. The van der Waals surface area contributed by atoms with Gasteiger partial charge in [0.1, 0.15) is 5.82 Å². The van der Waals surface area contributed by atoms with E-state index in [9.17, 15) is 0 Å². The van der Waals surface area contributed by atoms with Gasteiger partial charge in [-0.2, -0.15) is 0 Å². The highest BCUT2D eigenvalue weighted by atomic mass is 15.2. The first-order chi connectivity index (χ1) is 8.16. The number of rotatable bonds is 3. The number of benzene rings is 1. The van der Waals surface area contributed by atoms with E-state index in [0.29, 0.717) is 6.04 Å². The van der Waals surface area contributed by atoms with Crippen molar-refractivity contribution in [3.8, 4) is 11.3 Å². The smallest absolute Gasteiger partial charge is 0.148 e. The van der Waals surface area contributed by atoms with Crippen LogP contribution in [0.1, 0.15) is 19.4 Å². The fourth-order valence-corrected chi connectivity index (χ4v) is 1.71. The van der Waals surface area contributed by atoms with Crippen LogP contribution in [-0.4, -0.2) is 16.2 Å². The van der Waals surface area contributed by atoms with Crippen molar-refractivity contribution < 1.29 is 0 Å². The summed E-state index contributed by atoms with van der Waals surface area (Å²) in [6.45, 7) is 6.24. The van der Waals surface area contributed by atoms with E-state index in [4.69, 9.17) is 0 Å². The third kappa shape index (κ3) is 2.81. The van der Waals surface area contributed by atoms with Crippen LogP contribution in [0.15, 0.2) is 36.4 Å². The summed E-state index contributed by atoms with van der Waals surface area (Å²) in [5.74, 6) is 0.817. The molecule has 17 heavy (non-hydrogen) atoms. The summed E-state index contributed by atoms with van der Waals surface area (Å²) in [4.78, 5) is 0. The molecule has 88 valence electrons. The second kappa shape index (κ2) is 4.95. The highest BCUT2D eigenvalue weighted by Gasteiger charge is 2.03. The van der Waals surface area contributed by atoms with Gasteiger partial charge in [-0.15, -0.1) is 10.2 Å². The Morgan fingerprint density at radius 3 is 2.35 bits per heavy atom. The van der Waals surface area contributed by atoms with Crippen LogP contribution in [0.25, 0.3) is 11.3 Å². The Morgan fingerprint density at radius 1 is 1.00 bits per heavy atom. The first-order valence-electron chi connectivity index (χ1n) is 5.83. The average molecular weight is 227 g/mol. The number of nitrogens with zero attached hydrogens (tertiary/aromatic N) is 2. The van der Waals surface area contributed by atoms with E-state index in [2.05, 4.69) is 48.4 Å². The normalized spacial score (nSPS) is 10.6. The van der Waals surface area contributed by atoms with Crippen molar-refractivity contribution in [2.45, 2.75) is 26.8 Å². The molecule has 1 aromatic heterocycles. The van der Waals surface area contributed by atoms with Crippen molar-refractivity contribution in [1.29, 1.82) is 0 Å². The van der Waals surface area contributed by atoms with E-state index in [1.807, 2.05) is 24.3 Å². The molecule has 0 unspecified atom stereocenters. The molecule has 2 rings (SSSR count). The molecule has 0 radical (unpaired) electrons. The van der Waals surface area contributed by atoms with Crippen LogP contribution in [-0.2, 0) is 0 Å². The lowest BCUT2D eigenvalue weighted by molar-refractivity contribution is 0.874. The molecule has 2 aromatic rings. The zero-order chi connectivity index (χ0) is 12.3. The summed E-state index contributed by atoms with van der Waals surface area (Å²) in [6, 6.07) is 12.5. The van der Waals surface area contributed by atoms with Crippen LogP contribution in [0.2, 0.25) is 0 Å². The summed E-state index contributed by atoms with van der Waals surface area (Å²) in [7, 11) is 0. The van der Waals surface area contributed by atoms with Gasteiger partial charge in [0.25, 0.3) is 0 Å². The second-order valence-corrected chi connectivity index (χ2v) is 4.42. The molecule has 0 aliphatic heterocycles. The molecule has 0 spiro atoms. The van der Waals surface area contributed by atoms with Crippen LogP contribution in [0.5, 0.6) is 0 Å². The summed E-state index contributed by atoms with van der Waals surface area (Å²) in [5.41, 5.74) is 3.26. The number of aromatic nitrogens is 2. The molecular weight excluding hydrogens is 210 g/mol. The molecule has 0 fully saturated rings. The lowest BCUT2D eigenvalue weighted by Crippen LogP contribution is -2.11. The first-order valence-corrected chi connectivity index (χ1v) is 5.83. The number of nitrogens with one attached hydrogen (secondary N) is 1. The molecule has 1 N–H and O–H groups in total. The SMILES string of the molecule is Cc1ccccc1-c1ccc(NC(C)C)nn1. The second-order valence-electron chi connectivity index (χ2n) is 4.42. The van der Waals surface area contributed by atoms with Gasteiger partial charge in [-0.25, -0.2) is 0 Å². The summed E-state index contributed by atoms with van der Waals surface area (Å²) < 4.78 is 0. The molecule has 1 aromatic carbocycles. The largest absolute Gasteiger partial charge is 0.366 e. The van der Waals surface area contributed by atoms with Crippen LogP contribution in [0.4, 0.5) is 5.82 Å². The Morgan fingerprint density at radius 2 is 1.76 bits per heavy atom. The van der Waals surface area contributed by atoms with Gasteiger partial charge in [0, 0.05) is 11.6 Å². The lowest BCUT2D eigenvalue weighted by atomic mass is 10.1. The average Bonchev–Trinajstić information content (AvgIpc) is 2.30. The summed E-state index contributed by atoms with van der Waals surface area (Å²) in [5, 5.41) is 11.6. The monoisotopic (exact) mass is 227 g/mol. The number of aryl methyl sites for hydroxylation is 1. The fourth-order valence-electron chi connectivity index (χ4n) is 1.71. The summed E-state index contributed by atoms with van der Waals surface area (Å²) >= 11 is 0. The maximum absolute atomic E-state index is 4.25. The molecule has 1 heterocycles. The van der Waals surface area contributed by atoms with E-state index in [1.54, 1.807) is 0 Å². The Bertz CT molecular complexity index is 489. The van der Waals surface area contributed by atoms with Gasteiger partial charge >= 0.3 is 0 Å². The van der Waals surface area contributed by atoms with E-state index in [1.165, 1.54) is 5.56 Å². The Kier molecular flexibility index (Phi) is 3.38. The molecule has 0 bridgehead atoms. The fraction of sp³-hybridized carbons (Fsp3) is 0.286. The van der Waals surface area contributed by atoms with E-state index < -0.39 is 0 Å². The van der Waals surface area contributed by atoms with Gasteiger partial charge < -0.3 is 5.32 Å². The molecule has 0 amide bonds. The summed E-state index contributed by atoms with van der Waals surface area (Å²) in [6.07, 6.45) is 0. The van der Waals surface area contributed by atoms with Crippen LogP contribution in [0, 0.1) is 6.92 Å². The minimum atomic E-state index is 0.369. The molecule has 3 nitrogen and oxygen atoms in total. The minimum absolute atomic E-state index is 0.369. The number of hydrogen-bond acceptors (Lipinski definition) is 3. The maximum atomic E-state index is 4.25. The van der Waals surface area contributed by atoms with Crippen molar-refractivity contribution in [2.24, 2.45) is 0 Å². The van der Waals surface area contributed by atoms with E-state index >= 15 is 0 Å². The number of hydrogen-bond donors (Lipinski definition) is 1. The van der Waals surface area contributed by atoms with Crippen LogP contribution in [0.3, 0.4) is 0 Å². The molecule has 0 saturated carbocycles. The molecular formula is C14H17N3. The molecule has 3 heteroatoms. The number of anilines is 1. The Balaban J connectivity index is 2.27. The van der Waals surface area contributed by atoms with E-state index in [0.717, 1.165) is 17.1 Å². The van der Waals surface area contributed by atoms with Crippen LogP contribution >= 0.6 is 0 Å². The van der Waals surface area contributed by atoms with Gasteiger partial charge in [-0.3, -0.25) is 0 Å². The van der Waals surface area contributed by atoms with Crippen molar-refractivity contribution in [2.75, 3.05) is 5.32 Å². The standard InChI is InChI=1S/C14H17N3/c1-10(2)15-14-9-8-13(16-17-14)12-7-5-4-6-11(12)3/h4-10H,1-3H3,(H,15,17). The van der Waals surface area contributed by atoms with Crippen molar-refractivity contribution in [3.63, 3.8) is 0 Å². The minimum Gasteiger partial charge on any atom is -0.366 e. The first kappa shape index (κ1) is 11.6. The molecule has 0 aliphatic rings. The Labute approximate surface area is 102 Å². The zero-order valence-electron chi connectivity index (χ0n) is 10.4. The highest BCUT2D eigenvalue weighted by molar-refractivity contribution is 5.63. The molecule has 0 saturated heterocycles. The van der Waals surface area contributed by atoms with Gasteiger partial charge in [0.15, 0.2) is 0 Å². The van der Waals surface area contributed by atoms with Crippen molar-refractivity contribution in [1.82, 2.24) is 10.2 Å².